The zero-order valence-corrected chi connectivity index (χ0v) is 13.2. The summed E-state index contributed by atoms with van der Waals surface area (Å²) in [5, 5.41) is 2.45. The molecule has 0 atom stereocenters. The maximum Gasteiger partial charge on any atom is 0.409 e. The predicted octanol–water partition coefficient (Wildman–Crippen LogP) is -0.978. The van der Waals surface area contributed by atoms with Crippen molar-refractivity contribution in [2.24, 2.45) is 0 Å². The lowest BCUT2D eigenvalue weighted by Gasteiger charge is -2.33. The molecule has 1 aliphatic rings. The van der Waals surface area contributed by atoms with Crippen LogP contribution in [-0.4, -0.2) is 87.5 Å². The zero-order valence-electron chi connectivity index (χ0n) is 13.2. The van der Waals surface area contributed by atoms with E-state index in [0.29, 0.717) is 32.8 Å². The predicted molar refractivity (Wildman–Crippen MR) is 76.0 cm³/mol. The number of piperazine rings is 1. The zero-order chi connectivity index (χ0) is 16.5. The Kier molecular flexibility index (Phi) is 7.61. The summed E-state index contributed by atoms with van der Waals surface area (Å²) in [6.45, 7) is 3.40. The minimum atomic E-state index is -0.719. The molecule has 9 nitrogen and oxygen atoms in total. The highest BCUT2D eigenvalue weighted by Crippen LogP contribution is 2.04. The number of carbonyl (C=O) groups excluding carboxylic acids is 3. The summed E-state index contributed by atoms with van der Waals surface area (Å²) in [5.41, 5.74) is 0. The molecule has 0 aromatic carbocycles. The van der Waals surface area contributed by atoms with Gasteiger partial charge in [-0.05, 0) is 6.92 Å². The highest BCUT2D eigenvalue weighted by Gasteiger charge is 2.28. The molecule has 0 bridgehead atoms. The summed E-state index contributed by atoms with van der Waals surface area (Å²) in [6, 6.07) is 0. The van der Waals surface area contributed by atoms with Gasteiger partial charge in [-0.3, -0.25) is 9.59 Å². The second-order valence-corrected chi connectivity index (χ2v) is 4.59. The fourth-order valence-corrected chi connectivity index (χ4v) is 1.97. The van der Waals surface area contributed by atoms with Gasteiger partial charge in [0, 0.05) is 40.4 Å². The number of carbonyl (C=O) groups is 3. The Morgan fingerprint density at radius 1 is 1.05 bits per heavy atom. The average molecular weight is 317 g/mol. The molecule has 1 N–H and O–H groups in total. The lowest BCUT2D eigenvalue weighted by molar-refractivity contribution is -0.148. The first-order valence-corrected chi connectivity index (χ1v) is 7.07. The van der Waals surface area contributed by atoms with Gasteiger partial charge in [0.05, 0.1) is 13.2 Å². The summed E-state index contributed by atoms with van der Waals surface area (Å²) in [4.78, 5) is 38.2. The molecule has 0 radical (unpaired) electrons. The molecule has 1 aliphatic heterocycles. The number of ether oxygens (including phenoxy) is 3. The second-order valence-electron chi connectivity index (χ2n) is 4.59. The molecule has 1 rings (SSSR count). The van der Waals surface area contributed by atoms with E-state index in [2.05, 4.69) is 5.32 Å². The molecule has 0 aromatic rings. The van der Waals surface area contributed by atoms with Crippen LogP contribution in [0.4, 0.5) is 4.79 Å². The third kappa shape index (κ3) is 5.15. The summed E-state index contributed by atoms with van der Waals surface area (Å²) in [7, 11) is 2.88. The van der Waals surface area contributed by atoms with Crippen molar-refractivity contribution in [1.29, 1.82) is 0 Å². The highest BCUT2D eigenvalue weighted by molar-refractivity contribution is 6.35. The van der Waals surface area contributed by atoms with Gasteiger partial charge >= 0.3 is 17.9 Å². The molecule has 1 fully saturated rings. The number of methoxy groups -OCH3 is 2. The molecule has 3 amide bonds. The van der Waals surface area contributed by atoms with Crippen LogP contribution in [0.25, 0.3) is 0 Å². The minimum Gasteiger partial charge on any atom is -0.450 e. The quantitative estimate of drug-likeness (QED) is 0.517. The fourth-order valence-electron chi connectivity index (χ4n) is 1.97. The first kappa shape index (κ1) is 18.2. The number of hydrogen-bond donors (Lipinski definition) is 1. The maximum absolute atomic E-state index is 12.0. The average Bonchev–Trinajstić information content (AvgIpc) is 2.55. The van der Waals surface area contributed by atoms with E-state index in [0.717, 1.165) is 0 Å². The van der Waals surface area contributed by atoms with Crippen LogP contribution in [0.1, 0.15) is 6.92 Å². The SMILES string of the molecule is CCOC(=O)N1CCN(C(=O)C(=O)NCC(OC)OC)CC1. The van der Waals surface area contributed by atoms with E-state index in [1.165, 1.54) is 24.0 Å². The number of amides is 3. The van der Waals surface area contributed by atoms with Crippen molar-refractivity contribution in [3.8, 4) is 0 Å². The monoisotopic (exact) mass is 317 g/mol. The van der Waals surface area contributed by atoms with Crippen molar-refractivity contribution in [3.05, 3.63) is 0 Å². The van der Waals surface area contributed by atoms with E-state index in [4.69, 9.17) is 14.2 Å². The molecule has 1 heterocycles. The summed E-state index contributed by atoms with van der Waals surface area (Å²) < 4.78 is 14.7. The first-order chi connectivity index (χ1) is 10.5. The smallest absolute Gasteiger partial charge is 0.409 e. The number of nitrogens with one attached hydrogen (secondary N) is 1. The molecule has 0 unspecified atom stereocenters. The Hall–Kier alpha value is -1.87. The molecule has 9 heteroatoms. The van der Waals surface area contributed by atoms with Gasteiger partial charge in [-0.15, -0.1) is 0 Å². The van der Waals surface area contributed by atoms with E-state index in [9.17, 15) is 14.4 Å². The van der Waals surface area contributed by atoms with Gasteiger partial charge in [-0.1, -0.05) is 0 Å². The maximum atomic E-state index is 12.0. The molecule has 0 aromatic heterocycles. The Balaban J connectivity index is 2.38. The normalized spacial score (nSPS) is 14.9. The van der Waals surface area contributed by atoms with Crippen LogP contribution in [0.3, 0.4) is 0 Å². The minimum absolute atomic E-state index is 0.0837. The van der Waals surface area contributed by atoms with Crippen LogP contribution < -0.4 is 5.32 Å². The second kappa shape index (κ2) is 9.21. The van der Waals surface area contributed by atoms with Crippen LogP contribution in [0, 0.1) is 0 Å². The van der Waals surface area contributed by atoms with Gasteiger partial charge in [0.15, 0.2) is 6.29 Å². The Labute approximate surface area is 129 Å². The fraction of sp³-hybridized carbons (Fsp3) is 0.769. The molecule has 0 spiro atoms. The van der Waals surface area contributed by atoms with Crippen LogP contribution in [0.2, 0.25) is 0 Å². The lowest BCUT2D eigenvalue weighted by Crippen LogP contribution is -2.54. The van der Waals surface area contributed by atoms with Crippen molar-refractivity contribution in [2.45, 2.75) is 13.2 Å². The van der Waals surface area contributed by atoms with Gasteiger partial charge < -0.3 is 29.3 Å². The van der Waals surface area contributed by atoms with Crippen molar-refractivity contribution in [3.63, 3.8) is 0 Å². The molecule has 0 aliphatic carbocycles. The first-order valence-electron chi connectivity index (χ1n) is 7.07. The van der Waals surface area contributed by atoms with Gasteiger partial charge in [-0.2, -0.15) is 0 Å². The van der Waals surface area contributed by atoms with E-state index in [1.807, 2.05) is 0 Å². The van der Waals surface area contributed by atoms with E-state index in [-0.39, 0.29) is 6.54 Å². The highest BCUT2D eigenvalue weighted by atomic mass is 16.7. The van der Waals surface area contributed by atoms with Crippen LogP contribution in [0.5, 0.6) is 0 Å². The molecule has 126 valence electrons. The van der Waals surface area contributed by atoms with Gasteiger partial charge in [-0.25, -0.2) is 4.79 Å². The number of hydrogen-bond acceptors (Lipinski definition) is 6. The Morgan fingerprint density at radius 2 is 1.59 bits per heavy atom. The van der Waals surface area contributed by atoms with E-state index < -0.39 is 24.2 Å². The van der Waals surface area contributed by atoms with Crippen LogP contribution >= 0.6 is 0 Å². The largest absolute Gasteiger partial charge is 0.450 e. The number of rotatable bonds is 5. The van der Waals surface area contributed by atoms with Crippen molar-refractivity contribution < 1.29 is 28.6 Å². The van der Waals surface area contributed by atoms with Crippen molar-refractivity contribution in [2.75, 3.05) is 53.6 Å². The van der Waals surface area contributed by atoms with Gasteiger partial charge in [0.1, 0.15) is 0 Å². The van der Waals surface area contributed by atoms with Crippen molar-refractivity contribution >= 4 is 17.9 Å². The van der Waals surface area contributed by atoms with Gasteiger partial charge in [0.2, 0.25) is 0 Å². The Morgan fingerprint density at radius 3 is 2.09 bits per heavy atom. The van der Waals surface area contributed by atoms with E-state index in [1.54, 1.807) is 6.92 Å². The third-order valence-electron chi connectivity index (χ3n) is 3.24. The topological polar surface area (TPSA) is 97.4 Å². The summed E-state index contributed by atoms with van der Waals surface area (Å²) in [6.07, 6.45) is -1.00. The third-order valence-corrected chi connectivity index (χ3v) is 3.24. The Bertz CT molecular complexity index is 391. The van der Waals surface area contributed by atoms with E-state index >= 15 is 0 Å². The summed E-state index contributed by atoms with van der Waals surface area (Å²) in [5.74, 6) is -1.35. The molecule has 0 saturated carbocycles. The van der Waals surface area contributed by atoms with Crippen LogP contribution in [0.15, 0.2) is 0 Å². The van der Waals surface area contributed by atoms with Crippen LogP contribution in [-0.2, 0) is 23.8 Å². The summed E-state index contributed by atoms with van der Waals surface area (Å²) >= 11 is 0. The molecule has 22 heavy (non-hydrogen) atoms. The van der Waals surface area contributed by atoms with Gasteiger partial charge in [0.25, 0.3) is 0 Å². The molecule has 1 saturated heterocycles. The molecular formula is C13H23N3O6. The number of nitrogens with zero attached hydrogens (tertiary/aromatic N) is 2. The lowest BCUT2D eigenvalue weighted by atomic mass is 10.3. The molecular weight excluding hydrogens is 294 g/mol. The standard InChI is InChI=1S/C13H23N3O6/c1-4-22-13(19)16-7-5-15(6-8-16)12(18)11(17)14-9-10(20-2)21-3/h10H,4-9H2,1-3H3,(H,14,17). The van der Waals surface area contributed by atoms with Crippen molar-refractivity contribution in [1.82, 2.24) is 15.1 Å².